The number of nitrogens with two attached hydrogens (primary N) is 1. The molecule has 1 saturated heterocycles. The lowest BCUT2D eigenvalue weighted by Crippen LogP contribution is -2.24. The fourth-order valence-electron chi connectivity index (χ4n) is 2.71. The number of carbonyl (C=O) groups excluding carboxylic acids is 2. The summed E-state index contributed by atoms with van der Waals surface area (Å²) in [5.74, 6) is 1.19. The van der Waals surface area contributed by atoms with Gasteiger partial charge in [0, 0.05) is 38.4 Å². The molecule has 10 heteroatoms. The molecule has 31 heavy (non-hydrogen) atoms. The summed E-state index contributed by atoms with van der Waals surface area (Å²) in [5.41, 5.74) is 6.06. The molecule has 2 heterocycles. The zero-order valence-electron chi connectivity index (χ0n) is 17.3. The molecule has 1 aromatic heterocycles. The molecule has 3 rings (SSSR count). The van der Waals surface area contributed by atoms with Crippen molar-refractivity contribution in [1.82, 2.24) is 14.9 Å². The smallest absolute Gasteiger partial charge is 0.271 e. The molecular formula is C21H24FN5O4. The standard InChI is InChI=1S/C16H15FN4O2.C5H9NO2/c1-3-10-4-5-12(17)11(8-10)13-9-20-16(19-6-7-23-2)14(21-13)15(18)22;1-6-3-2-4(7)5(6)8/h1,4-5,8-9H,6-7H2,2H3,(H2,18,22)(H,19,20);4,7H,2-3H2,1H3/t;4-/m.0/s1. The van der Waals surface area contributed by atoms with E-state index in [0.29, 0.717) is 31.7 Å². The number of rotatable bonds is 6. The van der Waals surface area contributed by atoms with Crippen LogP contribution < -0.4 is 11.1 Å². The number of aliphatic hydroxyl groups excluding tert-OH is 1. The van der Waals surface area contributed by atoms with E-state index < -0.39 is 17.8 Å². The van der Waals surface area contributed by atoms with E-state index in [2.05, 4.69) is 21.2 Å². The number of halogens is 1. The quantitative estimate of drug-likeness (QED) is 0.453. The van der Waals surface area contributed by atoms with Crippen LogP contribution in [-0.2, 0) is 9.53 Å². The van der Waals surface area contributed by atoms with Crippen LogP contribution in [0.1, 0.15) is 22.5 Å². The van der Waals surface area contributed by atoms with Crippen molar-refractivity contribution in [3.05, 3.63) is 41.5 Å². The van der Waals surface area contributed by atoms with Gasteiger partial charge in [-0.25, -0.2) is 14.4 Å². The molecule has 1 aliphatic rings. The van der Waals surface area contributed by atoms with Gasteiger partial charge in [-0.2, -0.15) is 0 Å². The Bertz CT molecular complexity index is 980. The summed E-state index contributed by atoms with van der Waals surface area (Å²) in [6.45, 7) is 1.53. The number of nitrogens with one attached hydrogen (secondary N) is 1. The number of likely N-dealkylation sites (N-methyl/N-ethyl adjacent to an activating group) is 1. The van der Waals surface area contributed by atoms with Crippen molar-refractivity contribution in [3.63, 3.8) is 0 Å². The maximum Gasteiger partial charge on any atom is 0.271 e. The number of terminal acetylenes is 1. The van der Waals surface area contributed by atoms with Crippen LogP contribution in [0.25, 0.3) is 11.3 Å². The minimum absolute atomic E-state index is 0.0795. The van der Waals surface area contributed by atoms with E-state index in [1.807, 2.05) is 0 Å². The first kappa shape index (κ1) is 23.7. The Morgan fingerprint density at radius 1 is 1.52 bits per heavy atom. The Morgan fingerprint density at radius 2 is 2.26 bits per heavy atom. The molecule has 0 spiro atoms. The number of ether oxygens (including phenoxy) is 1. The number of nitrogens with zero attached hydrogens (tertiary/aromatic N) is 3. The second-order valence-electron chi connectivity index (χ2n) is 6.64. The number of aliphatic hydroxyl groups is 1. The number of anilines is 1. The zero-order chi connectivity index (χ0) is 23.0. The molecule has 0 saturated carbocycles. The number of methoxy groups -OCH3 is 1. The van der Waals surface area contributed by atoms with Gasteiger partial charge in [0.05, 0.1) is 18.5 Å². The van der Waals surface area contributed by atoms with Crippen molar-refractivity contribution in [2.24, 2.45) is 5.73 Å². The largest absolute Gasteiger partial charge is 0.383 e. The summed E-state index contributed by atoms with van der Waals surface area (Å²) in [7, 11) is 3.24. The summed E-state index contributed by atoms with van der Waals surface area (Å²) < 4.78 is 18.9. The van der Waals surface area contributed by atoms with Gasteiger partial charge in [0.25, 0.3) is 11.8 Å². The Morgan fingerprint density at radius 3 is 2.77 bits per heavy atom. The first-order chi connectivity index (χ1) is 14.8. The summed E-state index contributed by atoms with van der Waals surface area (Å²) in [6.07, 6.45) is 6.53. The molecule has 164 valence electrons. The van der Waals surface area contributed by atoms with E-state index in [1.165, 1.54) is 29.3 Å². The third kappa shape index (κ3) is 6.21. The van der Waals surface area contributed by atoms with Crippen molar-refractivity contribution in [2.75, 3.05) is 39.2 Å². The molecule has 0 unspecified atom stereocenters. The van der Waals surface area contributed by atoms with Gasteiger partial charge in [-0.05, 0) is 24.6 Å². The van der Waals surface area contributed by atoms with Crippen LogP contribution in [0.3, 0.4) is 0 Å². The third-order valence-electron chi connectivity index (χ3n) is 4.41. The number of amides is 2. The minimum atomic E-state index is -0.771. The van der Waals surface area contributed by atoms with Crippen molar-refractivity contribution in [1.29, 1.82) is 0 Å². The average Bonchev–Trinajstić information content (AvgIpc) is 3.05. The monoisotopic (exact) mass is 429 g/mol. The Kier molecular flexibility index (Phi) is 8.43. The molecule has 0 radical (unpaired) electrons. The molecule has 0 bridgehead atoms. The van der Waals surface area contributed by atoms with E-state index in [-0.39, 0.29) is 28.7 Å². The molecular weight excluding hydrogens is 405 g/mol. The van der Waals surface area contributed by atoms with Gasteiger partial charge >= 0.3 is 0 Å². The zero-order valence-corrected chi connectivity index (χ0v) is 17.3. The van der Waals surface area contributed by atoms with Crippen LogP contribution in [0.5, 0.6) is 0 Å². The normalized spacial score (nSPS) is 15.1. The van der Waals surface area contributed by atoms with E-state index >= 15 is 0 Å². The molecule has 9 nitrogen and oxygen atoms in total. The summed E-state index contributed by atoms with van der Waals surface area (Å²) in [6, 6.07) is 4.17. The van der Waals surface area contributed by atoms with Crippen LogP contribution in [0.15, 0.2) is 24.4 Å². The molecule has 1 aromatic carbocycles. The van der Waals surface area contributed by atoms with Gasteiger partial charge in [0.1, 0.15) is 11.9 Å². The second kappa shape index (κ2) is 11.0. The Labute approximate surface area is 179 Å². The van der Waals surface area contributed by atoms with Gasteiger partial charge in [0.2, 0.25) is 0 Å². The lowest BCUT2D eigenvalue weighted by atomic mass is 10.1. The van der Waals surface area contributed by atoms with Crippen molar-refractivity contribution in [2.45, 2.75) is 12.5 Å². The SMILES string of the molecule is C#Cc1ccc(F)c(-c2cnc(NCCOC)c(C(N)=O)n2)c1.CN1CC[C@H](O)C1=O. The predicted octanol–water partition coefficient (Wildman–Crippen LogP) is 0.631. The number of hydrogen-bond acceptors (Lipinski definition) is 7. The number of benzene rings is 1. The van der Waals surface area contributed by atoms with Crippen LogP contribution >= 0.6 is 0 Å². The van der Waals surface area contributed by atoms with E-state index in [4.69, 9.17) is 22.0 Å². The fraction of sp³-hybridized carbons (Fsp3) is 0.333. The topological polar surface area (TPSA) is 131 Å². The van der Waals surface area contributed by atoms with Crippen LogP contribution in [0, 0.1) is 18.2 Å². The molecule has 2 amide bonds. The highest BCUT2D eigenvalue weighted by Gasteiger charge is 2.26. The van der Waals surface area contributed by atoms with Gasteiger partial charge < -0.3 is 25.8 Å². The number of hydrogen-bond donors (Lipinski definition) is 3. The van der Waals surface area contributed by atoms with Gasteiger partial charge in [-0.15, -0.1) is 6.42 Å². The van der Waals surface area contributed by atoms with Crippen LogP contribution in [-0.4, -0.2) is 71.7 Å². The highest BCUT2D eigenvalue weighted by Crippen LogP contribution is 2.23. The highest BCUT2D eigenvalue weighted by molar-refractivity contribution is 5.96. The van der Waals surface area contributed by atoms with Gasteiger partial charge in [-0.3, -0.25) is 9.59 Å². The van der Waals surface area contributed by atoms with Gasteiger partial charge in [0.15, 0.2) is 11.5 Å². The fourth-order valence-corrected chi connectivity index (χ4v) is 2.71. The average molecular weight is 429 g/mol. The van der Waals surface area contributed by atoms with E-state index in [0.717, 1.165) is 0 Å². The molecule has 0 aliphatic carbocycles. The number of primary amides is 1. The van der Waals surface area contributed by atoms with Crippen molar-refractivity contribution in [3.8, 4) is 23.6 Å². The first-order valence-electron chi connectivity index (χ1n) is 9.37. The lowest BCUT2D eigenvalue weighted by molar-refractivity contribution is -0.133. The third-order valence-corrected chi connectivity index (χ3v) is 4.41. The summed E-state index contributed by atoms with van der Waals surface area (Å²) in [5, 5.41) is 11.7. The van der Waals surface area contributed by atoms with Crippen LogP contribution in [0.2, 0.25) is 0 Å². The van der Waals surface area contributed by atoms with Crippen molar-refractivity contribution < 1.29 is 23.8 Å². The van der Waals surface area contributed by atoms with Crippen LogP contribution in [0.4, 0.5) is 10.2 Å². The maximum absolute atomic E-state index is 14.0. The highest BCUT2D eigenvalue weighted by atomic mass is 19.1. The van der Waals surface area contributed by atoms with E-state index in [1.54, 1.807) is 14.2 Å². The Hall–Kier alpha value is -3.55. The molecule has 1 atom stereocenters. The Balaban J connectivity index is 0.000000357. The minimum Gasteiger partial charge on any atom is -0.383 e. The number of carbonyl (C=O) groups is 2. The molecule has 1 aliphatic heterocycles. The summed E-state index contributed by atoms with van der Waals surface area (Å²) >= 11 is 0. The number of aromatic nitrogens is 2. The maximum atomic E-state index is 14.0. The second-order valence-corrected chi connectivity index (χ2v) is 6.64. The van der Waals surface area contributed by atoms with Crippen molar-refractivity contribution >= 4 is 17.6 Å². The van der Waals surface area contributed by atoms with E-state index in [9.17, 15) is 14.0 Å². The molecule has 2 aromatic rings. The molecule has 1 fully saturated rings. The molecule has 4 N–H and O–H groups in total. The number of likely N-dealkylation sites (tertiary alicyclic amines) is 1. The predicted molar refractivity (Wildman–Crippen MR) is 113 cm³/mol. The lowest BCUT2D eigenvalue weighted by Gasteiger charge is -2.10. The van der Waals surface area contributed by atoms with Gasteiger partial charge in [-0.1, -0.05) is 5.92 Å². The summed E-state index contributed by atoms with van der Waals surface area (Å²) in [4.78, 5) is 31.9. The first-order valence-corrected chi connectivity index (χ1v) is 9.37.